The molecule has 0 aliphatic heterocycles. The van der Waals surface area contributed by atoms with Crippen LogP contribution in [0.3, 0.4) is 0 Å². The molecule has 0 aliphatic carbocycles. The number of hydrogen-bond donors (Lipinski definition) is 1. The molecular weight excluding hydrogens is 250 g/mol. The molecule has 6 nitrogen and oxygen atoms in total. The van der Waals surface area contributed by atoms with Gasteiger partial charge in [0.25, 0.3) is 0 Å². The van der Waals surface area contributed by atoms with Gasteiger partial charge in [0, 0.05) is 6.07 Å². The van der Waals surface area contributed by atoms with E-state index in [-0.39, 0.29) is 10.9 Å². The minimum absolute atomic E-state index is 0.0546. The Morgan fingerprint density at radius 2 is 2.00 bits per heavy atom. The standard InChI is InChI=1S/C10H6F2N2O4/c1-18-10(15)8-9(14(16)17)4-2-5(11)6(12)3-7(4)13-8/h2-3,13H,1H3. The third kappa shape index (κ3) is 1.67. The molecule has 0 saturated carbocycles. The zero-order valence-electron chi connectivity index (χ0n) is 8.99. The summed E-state index contributed by atoms with van der Waals surface area (Å²) in [4.78, 5) is 23.7. The number of hydrogen-bond acceptors (Lipinski definition) is 4. The van der Waals surface area contributed by atoms with Crippen LogP contribution < -0.4 is 0 Å². The Bertz CT molecular complexity index is 665. The Balaban J connectivity index is 2.84. The van der Waals surface area contributed by atoms with Crippen LogP contribution in [0.4, 0.5) is 14.5 Å². The second-order valence-electron chi connectivity index (χ2n) is 3.41. The number of nitrogens with zero attached hydrogens (tertiary/aromatic N) is 1. The van der Waals surface area contributed by atoms with Gasteiger partial charge < -0.3 is 9.72 Å². The lowest BCUT2D eigenvalue weighted by atomic mass is 10.2. The number of H-pyrrole nitrogens is 1. The van der Waals surface area contributed by atoms with Crippen molar-refractivity contribution in [2.45, 2.75) is 0 Å². The summed E-state index contributed by atoms with van der Waals surface area (Å²) in [5, 5.41) is 10.7. The molecule has 94 valence electrons. The van der Waals surface area contributed by atoms with Gasteiger partial charge in [-0.25, -0.2) is 13.6 Å². The number of rotatable bonds is 2. The van der Waals surface area contributed by atoms with Crippen LogP contribution in [0.15, 0.2) is 12.1 Å². The van der Waals surface area contributed by atoms with Gasteiger partial charge in [0.2, 0.25) is 5.69 Å². The molecule has 1 heterocycles. The molecule has 1 N–H and O–H groups in total. The molecule has 2 rings (SSSR count). The quantitative estimate of drug-likeness (QED) is 0.506. The molecule has 1 aromatic carbocycles. The number of nitrogens with one attached hydrogen (secondary N) is 1. The third-order valence-corrected chi connectivity index (χ3v) is 2.38. The first-order valence-corrected chi connectivity index (χ1v) is 4.69. The van der Waals surface area contributed by atoms with Crippen LogP contribution in [-0.2, 0) is 4.74 Å². The smallest absolute Gasteiger partial charge is 0.361 e. The molecule has 8 heteroatoms. The minimum Gasteiger partial charge on any atom is -0.464 e. The van der Waals surface area contributed by atoms with Crippen molar-refractivity contribution >= 4 is 22.6 Å². The van der Waals surface area contributed by atoms with Gasteiger partial charge >= 0.3 is 11.7 Å². The van der Waals surface area contributed by atoms with Crippen LogP contribution >= 0.6 is 0 Å². The highest BCUT2D eigenvalue weighted by Gasteiger charge is 2.28. The molecule has 0 bridgehead atoms. The summed E-state index contributed by atoms with van der Waals surface area (Å²) < 4.78 is 30.4. The van der Waals surface area contributed by atoms with Crippen molar-refractivity contribution in [3.8, 4) is 0 Å². The lowest BCUT2D eigenvalue weighted by Crippen LogP contribution is -2.04. The monoisotopic (exact) mass is 256 g/mol. The zero-order valence-corrected chi connectivity index (χ0v) is 8.99. The lowest BCUT2D eigenvalue weighted by Gasteiger charge is -1.94. The molecule has 2 aromatic rings. The van der Waals surface area contributed by atoms with E-state index in [0.29, 0.717) is 6.07 Å². The third-order valence-electron chi connectivity index (χ3n) is 2.38. The largest absolute Gasteiger partial charge is 0.464 e. The molecule has 0 aliphatic rings. The topological polar surface area (TPSA) is 85.2 Å². The van der Waals surface area contributed by atoms with Gasteiger partial charge in [-0.3, -0.25) is 10.1 Å². The molecular formula is C10H6F2N2O4. The molecule has 0 spiro atoms. The number of benzene rings is 1. The van der Waals surface area contributed by atoms with Crippen molar-refractivity contribution in [2.24, 2.45) is 0 Å². The van der Waals surface area contributed by atoms with Crippen LogP contribution in [0.1, 0.15) is 10.5 Å². The van der Waals surface area contributed by atoms with Gasteiger partial charge in [0.1, 0.15) is 0 Å². The van der Waals surface area contributed by atoms with Crippen LogP contribution in [0.2, 0.25) is 0 Å². The summed E-state index contributed by atoms with van der Waals surface area (Å²) in [7, 11) is 1.04. The summed E-state index contributed by atoms with van der Waals surface area (Å²) in [5.41, 5.74) is -1.15. The Labute approximate surface area is 98.3 Å². The fourth-order valence-corrected chi connectivity index (χ4v) is 1.61. The maximum absolute atomic E-state index is 13.1. The number of aromatic amines is 1. The molecule has 0 fully saturated rings. The number of aromatic nitrogens is 1. The number of carbonyl (C=O) groups excluding carboxylic acids is 1. The molecule has 18 heavy (non-hydrogen) atoms. The van der Waals surface area contributed by atoms with Crippen LogP contribution in [-0.4, -0.2) is 23.0 Å². The van der Waals surface area contributed by atoms with E-state index in [4.69, 9.17) is 0 Å². The number of fused-ring (bicyclic) bond motifs is 1. The van der Waals surface area contributed by atoms with Crippen molar-refractivity contribution < 1.29 is 23.2 Å². The summed E-state index contributed by atoms with van der Waals surface area (Å²) >= 11 is 0. The minimum atomic E-state index is -1.24. The highest BCUT2D eigenvalue weighted by atomic mass is 19.2. The van der Waals surface area contributed by atoms with Crippen molar-refractivity contribution in [2.75, 3.05) is 7.11 Å². The lowest BCUT2D eigenvalue weighted by molar-refractivity contribution is -0.383. The number of esters is 1. The van der Waals surface area contributed by atoms with Crippen LogP contribution in [0, 0.1) is 21.7 Å². The molecule has 1 aromatic heterocycles. The van der Waals surface area contributed by atoms with Crippen molar-refractivity contribution in [3.05, 3.63) is 39.6 Å². The summed E-state index contributed by atoms with van der Waals surface area (Å²) in [6, 6.07) is 1.40. The van der Waals surface area contributed by atoms with Gasteiger partial charge in [-0.2, -0.15) is 0 Å². The van der Waals surface area contributed by atoms with E-state index in [1.165, 1.54) is 0 Å². The van der Waals surface area contributed by atoms with Gasteiger partial charge in [-0.15, -0.1) is 0 Å². The van der Waals surface area contributed by atoms with Gasteiger partial charge in [0.05, 0.1) is 22.9 Å². The second kappa shape index (κ2) is 4.06. The number of methoxy groups -OCH3 is 1. The van der Waals surface area contributed by atoms with Gasteiger partial charge in [-0.05, 0) is 6.07 Å². The molecule has 0 amide bonds. The molecule has 0 atom stereocenters. The fraction of sp³-hybridized carbons (Fsp3) is 0.100. The summed E-state index contributed by atoms with van der Waals surface area (Å²) in [6.45, 7) is 0. The summed E-state index contributed by atoms with van der Waals surface area (Å²) in [5.74, 6) is -3.39. The van der Waals surface area contributed by atoms with Crippen LogP contribution in [0.5, 0.6) is 0 Å². The Hall–Kier alpha value is -2.51. The van der Waals surface area contributed by atoms with E-state index in [9.17, 15) is 23.7 Å². The number of carbonyl (C=O) groups is 1. The first-order chi connectivity index (χ1) is 8.45. The average molecular weight is 256 g/mol. The van der Waals surface area contributed by atoms with Gasteiger partial charge in [0.15, 0.2) is 11.6 Å². The van der Waals surface area contributed by atoms with E-state index in [2.05, 4.69) is 9.72 Å². The molecule has 0 saturated heterocycles. The van der Waals surface area contributed by atoms with Gasteiger partial charge in [-0.1, -0.05) is 0 Å². The van der Waals surface area contributed by atoms with Crippen LogP contribution in [0.25, 0.3) is 10.9 Å². The number of ether oxygens (including phenoxy) is 1. The predicted molar refractivity (Wildman–Crippen MR) is 56.2 cm³/mol. The normalized spacial score (nSPS) is 10.6. The average Bonchev–Trinajstić information content (AvgIpc) is 2.67. The maximum atomic E-state index is 13.1. The van der Waals surface area contributed by atoms with Crippen molar-refractivity contribution in [1.82, 2.24) is 4.98 Å². The van der Waals surface area contributed by atoms with E-state index in [1.807, 2.05) is 0 Å². The van der Waals surface area contributed by atoms with E-state index in [0.717, 1.165) is 13.2 Å². The SMILES string of the molecule is COC(=O)c1[nH]c2cc(F)c(F)cc2c1[N+](=O)[O-]. The van der Waals surface area contributed by atoms with E-state index >= 15 is 0 Å². The van der Waals surface area contributed by atoms with Crippen molar-refractivity contribution in [3.63, 3.8) is 0 Å². The van der Waals surface area contributed by atoms with E-state index < -0.39 is 33.9 Å². The molecule has 0 unspecified atom stereocenters. The highest BCUT2D eigenvalue weighted by molar-refractivity contribution is 6.03. The zero-order chi connectivity index (χ0) is 13.4. The first-order valence-electron chi connectivity index (χ1n) is 4.69. The molecule has 0 radical (unpaired) electrons. The Morgan fingerprint density at radius 3 is 2.56 bits per heavy atom. The Kier molecular flexibility index (Phi) is 2.70. The summed E-state index contributed by atoms with van der Waals surface area (Å²) in [6.07, 6.45) is 0. The van der Waals surface area contributed by atoms with E-state index in [1.54, 1.807) is 0 Å². The Morgan fingerprint density at radius 1 is 1.39 bits per heavy atom. The predicted octanol–water partition coefficient (Wildman–Crippen LogP) is 2.14. The fourth-order valence-electron chi connectivity index (χ4n) is 1.61. The second-order valence-corrected chi connectivity index (χ2v) is 3.41. The maximum Gasteiger partial charge on any atom is 0.361 e. The first kappa shape index (κ1) is 12.0. The highest BCUT2D eigenvalue weighted by Crippen LogP contribution is 2.31. The van der Waals surface area contributed by atoms with Crippen molar-refractivity contribution in [1.29, 1.82) is 0 Å². The number of nitro groups is 1. The number of halogens is 2.